The zero-order valence-electron chi connectivity index (χ0n) is 17.8. The molecule has 0 radical (unpaired) electrons. The van der Waals surface area contributed by atoms with Crippen LogP contribution in [0.2, 0.25) is 0 Å². The van der Waals surface area contributed by atoms with Crippen LogP contribution in [0.1, 0.15) is 24.8 Å². The highest BCUT2D eigenvalue weighted by molar-refractivity contribution is 7.99. The summed E-state index contributed by atoms with van der Waals surface area (Å²) in [6.45, 7) is 0.769. The van der Waals surface area contributed by atoms with Gasteiger partial charge in [0.1, 0.15) is 6.54 Å². The van der Waals surface area contributed by atoms with Gasteiger partial charge < -0.3 is 9.88 Å². The van der Waals surface area contributed by atoms with Gasteiger partial charge in [-0.15, -0.1) is 0 Å². The first kappa shape index (κ1) is 23.7. The van der Waals surface area contributed by atoms with Crippen molar-refractivity contribution in [2.24, 2.45) is 0 Å². The fourth-order valence-electron chi connectivity index (χ4n) is 3.92. The van der Waals surface area contributed by atoms with E-state index in [4.69, 9.17) is 0 Å². The molecule has 4 rings (SSSR count). The van der Waals surface area contributed by atoms with E-state index in [0.29, 0.717) is 29.7 Å². The van der Waals surface area contributed by atoms with E-state index in [9.17, 15) is 22.0 Å². The van der Waals surface area contributed by atoms with E-state index in [0.717, 1.165) is 19.3 Å². The van der Waals surface area contributed by atoms with Gasteiger partial charge in [0.25, 0.3) is 5.76 Å². The van der Waals surface area contributed by atoms with Crippen molar-refractivity contribution >= 4 is 38.7 Å². The summed E-state index contributed by atoms with van der Waals surface area (Å²) in [6.07, 6.45) is 2.67. The summed E-state index contributed by atoms with van der Waals surface area (Å²) in [5, 5.41) is 2.78. The van der Waals surface area contributed by atoms with Crippen LogP contribution in [-0.4, -0.2) is 47.0 Å². The number of fused-ring (bicyclic) bond motifs is 1. The van der Waals surface area contributed by atoms with Gasteiger partial charge in [0.15, 0.2) is 5.16 Å². The van der Waals surface area contributed by atoms with E-state index in [1.54, 1.807) is 48.5 Å². The second-order valence-corrected chi connectivity index (χ2v) is 10.6. The van der Waals surface area contributed by atoms with Crippen molar-refractivity contribution in [1.82, 2.24) is 19.2 Å². The molecule has 11 heteroatoms. The lowest BCUT2D eigenvalue weighted by Gasteiger charge is -2.26. The maximum Gasteiger partial charge on any atom is 0.291 e. The van der Waals surface area contributed by atoms with E-state index in [1.165, 1.54) is 8.87 Å². The molecule has 3 aromatic rings. The number of hydrogen-bond donors (Lipinski definition) is 1. The largest absolute Gasteiger partial charge is 0.350 e. The molecule has 1 aromatic heterocycles. The molecule has 1 aliphatic heterocycles. The molecule has 1 fully saturated rings. The van der Waals surface area contributed by atoms with Crippen molar-refractivity contribution in [3.8, 4) is 0 Å². The molecule has 0 atom stereocenters. The van der Waals surface area contributed by atoms with Crippen LogP contribution in [0.4, 0.5) is 8.78 Å². The Morgan fingerprint density at radius 2 is 1.76 bits per heavy atom. The third-order valence-electron chi connectivity index (χ3n) is 5.50. The Bertz CT molecular complexity index is 1240. The highest BCUT2D eigenvalue weighted by Crippen LogP contribution is 2.28. The van der Waals surface area contributed by atoms with Crippen molar-refractivity contribution in [3.63, 3.8) is 0 Å². The maximum atomic E-state index is 13.1. The van der Waals surface area contributed by atoms with Crippen LogP contribution in [0.25, 0.3) is 11.0 Å². The molecule has 2 aromatic carbocycles. The lowest BCUT2D eigenvalue weighted by atomic mass is 10.2. The van der Waals surface area contributed by atoms with Gasteiger partial charge in [0, 0.05) is 19.6 Å². The van der Waals surface area contributed by atoms with Gasteiger partial charge >= 0.3 is 0 Å². The number of hydrogen-bond acceptors (Lipinski definition) is 5. The Hall–Kier alpha value is -2.50. The Labute approximate surface area is 195 Å². The quantitative estimate of drug-likeness (QED) is 0.481. The van der Waals surface area contributed by atoms with Crippen molar-refractivity contribution in [3.05, 3.63) is 54.1 Å². The summed E-state index contributed by atoms with van der Waals surface area (Å²) in [7, 11) is -3.66. The first-order valence-corrected chi connectivity index (χ1v) is 12.9. The Morgan fingerprint density at radius 1 is 1.06 bits per heavy atom. The van der Waals surface area contributed by atoms with Gasteiger partial charge in [0.05, 0.1) is 15.9 Å². The van der Waals surface area contributed by atoms with Gasteiger partial charge in [-0.3, -0.25) is 4.79 Å². The zero-order chi connectivity index (χ0) is 23.4. The fourth-order valence-corrected chi connectivity index (χ4v) is 6.25. The minimum absolute atomic E-state index is 0.00598. The number of carbonyl (C=O) groups excluding carboxylic acids is 1. The molecule has 2 heterocycles. The summed E-state index contributed by atoms with van der Waals surface area (Å²) in [6, 6.07) is 13.5. The van der Waals surface area contributed by atoms with Gasteiger partial charge in [-0.1, -0.05) is 36.8 Å². The summed E-state index contributed by atoms with van der Waals surface area (Å²) >= 11 is 0.283. The van der Waals surface area contributed by atoms with Crippen molar-refractivity contribution in [2.75, 3.05) is 13.1 Å². The minimum Gasteiger partial charge on any atom is -0.350 e. The number of halogens is 2. The molecule has 176 valence electrons. The number of nitrogens with zero attached hydrogens (tertiary/aromatic N) is 3. The molecule has 0 bridgehead atoms. The van der Waals surface area contributed by atoms with E-state index >= 15 is 0 Å². The molecule has 0 aliphatic carbocycles. The number of imidazole rings is 1. The summed E-state index contributed by atoms with van der Waals surface area (Å²) < 4.78 is 55.2. The van der Waals surface area contributed by atoms with Gasteiger partial charge in [-0.2, -0.15) is 13.1 Å². The number of para-hydroxylation sites is 2. The predicted octanol–water partition coefficient (Wildman–Crippen LogP) is 3.84. The van der Waals surface area contributed by atoms with Crippen LogP contribution in [0.3, 0.4) is 0 Å². The van der Waals surface area contributed by atoms with Gasteiger partial charge in [0.2, 0.25) is 15.9 Å². The normalized spacial score (nSPS) is 15.2. The number of carbonyl (C=O) groups is 1. The monoisotopic (exact) mass is 494 g/mol. The summed E-state index contributed by atoms with van der Waals surface area (Å²) in [5.74, 6) is -3.10. The Morgan fingerprint density at radius 3 is 2.52 bits per heavy atom. The van der Waals surface area contributed by atoms with E-state index in [2.05, 4.69) is 10.3 Å². The number of nitrogens with one attached hydrogen (secondary N) is 1. The molecular formula is C22H24F2N4O3S2. The lowest BCUT2D eigenvalue weighted by molar-refractivity contribution is -0.121. The number of sulfonamides is 1. The third kappa shape index (κ3) is 5.36. The molecule has 1 N–H and O–H groups in total. The molecule has 1 saturated heterocycles. The zero-order valence-corrected chi connectivity index (χ0v) is 19.4. The Balaban J connectivity index is 1.51. The Kier molecular flexibility index (Phi) is 7.30. The molecule has 0 spiro atoms. The third-order valence-corrected chi connectivity index (χ3v) is 8.20. The van der Waals surface area contributed by atoms with Gasteiger partial charge in [-0.25, -0.2) is 13.4 Å². The first-order chi connectivity index (χ1) is 15.9. The number of aromatic nitrogens is 2. The topological polar surface area (TPSA) is 84.3 Å². The van der Waals surface area contributed by atoms with Crippen LogP contribution in [0.5, 0.6) is 0 Å². The van der Waals surface area contributed by atoms with Crippen molar-refractivity contribution < 1.29 is 22.0 Å². The van der Waals surface area contributed by atoms with E-state index < -0.39 is 21.7 Å². The SMILES string of the molecule is O=C(Cn1c(SC(F)F)nc2ccccc21)NCc1ccccc1S(=O)(=O)N1CCCCC1. The standard InChI is InChI=1S/C22H24F2N4O3S2/c23-21(24)32-22-26-17-9-3-4-10-18(17)28(22)15-20(29)25-14-16-8-2-5-11-19(16)33(30,31)27-12-6-1-7-13-27/h2-5,8-11,21H,1,6-7,12-15H2,(H,25,29). The smallest absolute Gasteiger partial charge is 0.291 e. The number of thioether (sulfide) groups is 1. The highest BCUT2D eigenvalue weighted by Gasteiger charge is 2.28. The average Bonchev–Trinajstić information content (AvgIpc) is 3.14. The second-order valence-electron chi connectivity index (χ2n) is 7.70. The van der Waals surface area contributed by atoms with Crippen LogP contribution in [-0.2, 0) is 27.9 Å². The van der Waals surface area contributed by atoms with Crippen LogP contribution < -0.4 is 5.32 Å². The van der Waals surface area contributed by atoms with E-state index in [-0.39, 0.29) is 34.9 Å². The number of amides is 1. The lowest BCUT2D eigenvalue weighted by Crippen LogP contribution is -2.36. The first-order valence-electron chi connectivity index (χ1n) is 10.6. The van der Waals surface area contributed by atoms with Crippen molar-refractivity contribution in [1.29, 1.82) is 0 Å². The highest BCUT2D eigenvalue weighted by atomic mass is 32.2. The molecule has 1 aliphatic rings. The molecule has 0 unspecified atom stereocenters. The maximum absolute atomic E-state index is 13.1. The molecule has 33 heavy (non-hydrogen) atoms. The number of alkyl halides is 2. The molecular weight excluding hydrogens is 470 g/mol. The van der Waals surface area contributed by atoms with Gasteiger partial charge in [-0.05, 0) is 48.4 Å². The number of rotatable bonds is 8. The number of piperidine rings is 1. The number of benzene rings is 2. The summed E-state index contributed by atoms with van der Waals surface area (Å²) in [5.41, 5.74) is 1.57. The average molecular weight is 495 g/mol. The molecule has 1 amide bonds. The molecule has 7 nitrogen and oxygen atoms in total. The van der Waals surface area contributed by atoms with Crippen LogP contribution in [0.15, 0.2) is 58.6 Å². The fraction of sp³-hybridized carbons (Fsp3) is 0.364. The molecule has 0 saturated carbocycles. The van der Waals surface area contributed by atoms with Crippen LogP contribution >= 0.6 is 11.8 Å². The second kappa shape index (κ2) is 10.2. The summed E-state index contributed by atoms with van der Waals surface area (Å²) in [4.78, 5) is 17.1. The van der Waals surface area contributed by atoms with E-state index in [1.807, 2.05) is 0 Å². The minimum atomic E-state index is -3.66. The van der Waals surface area contributed by atoms with Crippen molar-refractivity contribution in [2.45, 2.75) is 48.2 Å². The van der Waals surface area contributed by atoms with Crippen LogP contribution in [0, 0.1) is 0 Å². The predicted molar refractivity (Wildman–Crippen MR) is 122 cm³/mol.